The number of rotatable bonds is 1. The van der Waals surface area contributed by atoms with Crippen molar-refractivity contribution in [2.24, 2.45) is 0 Å². The summed E-state index contributed by atoms with van der Waals surface area (Å²) in [6, 6.07) is 7.52. The van der Waals surface area contributed by atoms with E-state index in [2.05, 4.69) is 5.32 Å². The van der Waals surface area contributed by atoms with Crippen LogP contribution in [0.15, 0.2) is 24.3 Å². The Kier molecular flexibility index (Phi) is 2.98. The number of hydrogen-bond donors (Lipinski definition) is 1. The number of benzene rings is 1. The highest BCUT2D eigenvalue weighted by Crippen LogP contribution is 2.38. The van der Waals surface area contributed by atoms with Crippen LogP contribution in [0.5, 0.6) is 0 Å². The van der Waals surface area contributed by atoms with E-state index >= 15 is 0 Å². The van der Waals surface area contributed by atoms with Crippen LogP contribution in [-0.2, 0) is 0 Å². The van der Waals surface area contributed by atoms with E-state index in [0.29, 0.717) is 18.0 Å². The van der Waals surface area contributed by atoms with Gasteiger partial charge in [0.2, 0.25) is 0 Å². The highest BCUT2D eigenvalue weighted by molar-refractivity contribution is 6.31. The molecule has 1 heterocycles. The Morgan fingerprint density at radius 3 is 2.87 bits per heavy atom. The van der Waals surface area contributed by atoms with E-state index in [1.165, 1.54) is 0 Å². The van der Waals surface area contributed by atoms with E-state index in [4.69, 9.17) is 11.6 Å². The lowest BCUT2D eigenvalue weighted by molar-refractivity contribution is 0.110. The van der Waals surface area contributed by atoms with Crippen LogP contribution in [0.2, 0.25) is 5.02 Å². The second kappa shape index (κ2) is 4.11. The standard InChI is InChI=1S/C12H15ClFN/c1-12(14)6-7-15-8-10(12)9-4-2-3-5-11(9)13/h2-5,10,15H,6-8H2,1H3. The number of hydrogen-bond acceptors (Lipinski definition) is 1. The summed E-state index contributed by atoms with van der Waals surface area (Å²) in [7, 11) is 0. The molecule has 0 aromatic heterocycles. The molecule has 0 bridgehead atoms. The normalized spacial score (nSPS) is 31.5. The minimum Gasteiger partial charge on any atom is -0.316 e. The van der Waals surface area contributed by atoms with Gasteiger partial charge in [-0.15, -0.1) is 0 Å². The summed E-state index contributed by atoms with van der Waals surface area (Å²) in [5.74, 6) is -0.139. The van der Waals surface area contributed by atoms with Crippen molar-refractivity contribution in [3.63, 3.8) is 0 Å². The summed E-state index contributed by atoms with van der Waals surface area (Å²) in [4.78, 5) is 0. The molecule has 1 aromatic rings. The van der Waals surface area contributed by atoms with Gasteiger partial charge in [-0.1, -0.05) is 29.8 Å². The lowest BCUT2D eigenvalue weighted by Gasteiger charge is -2.36. The van der Waals surface area contributed by atoms with Crippen LogP contribution in [0.1, 0.15) is 24.8 Å². The molecule has 0 aliphatic carbocycles. The molecule has 0 amide bonds. The molecular weight excluding hydrogens is 213 g/mol. The highest BCUT2D eigenvalue weighted by Gasteiger charge is 2.38. The van der Waals surface area contributed by atoms with Gasteiger partial charge in [-0.2, -0.15) is 0 Å². The Morgan fingerprint density at radius 1 is 1.47 bits per heavy atom. The average molecular weight is 228 g/mol. The van der Waals surface area contributed by atoms with Crippen LogP contribution in [0.25, 0.3) is 0 Å². The minimum atomic E-state index is -1.16. The third-order valence-corrected chi connectivity index (χ3v) is 3.49. The molecule has 0 spiro atoms. The Hall–Kier alpha value is -0.600. The van der Waals surface area contributed by atoms with Crippen LogP contribution in [0, 0.1) is 0 Å². The molecule has 1 saturated heterocycles. The molecule has 82 valence electrons. The van der Waals surface area contributed by atoms with Crippen molar-refractivity contribution < 1.29 is 4.39 Å². The van der Waals surface area contributed by atoms with Gasteiger partial charge in [0.05, 0.1) is 0 Å². The van der Waals surface area contributed by atoms with Crippen molar-refractivity contribution in [3.8, 4) is 0 Å². The fraction of sp³-hybridized carbons (Fsp3) is 0.500. The molecular formula is C12H15ClFN. The molecule has 3 heteroatoms. The van der Waals surface area contributed by atoms with E-state index < -0.39 is 5.67 Å². The molecule has 1 aliphatic rings. The third kappa shape index (κ3) is 2.16. The molecule has 0 saturated carbocycles. The topological polar surface area (TPSA) is 12.0 Å². The fourth-order valence-electron chi connectivity index (χ4n) is 2.16. The zero-order chi connectivity index (χ0) is 10.9. The van der Waals surface area contributed by atoms with Gasteiger partial charge in [0.15, 0.2) is 0 Å². The first kappa shape index (κ1) is 10.9. The second-order valence-electron chi connectivity index (χ2n) is 4.31. The van der Waals surface area contributed by atoms with E-state index in [1.54, 1.807) is 6.92 Å². The summed E-state index contributed by atoms with van der Waals surface area (Å²) in [5.41, 5.74) is -0.243. The maximum atomic E-state index is 14.3. The van der Waals surface area contributed by atoms with Crippen molar-refractivity contribution >= 4 is 11.6 Å². The molecule has 1 aliphatic heterocycles. The van der Waals surface area contributed by atoms with Crippen LogP contribution in [0.3, 0.4) is 0 Å². The number of piperidine rings is 1. The van der Waals surface area contributed by atoms with Gasteiger partial charge in [0, 0.05) is 17.5 Å². The summed E-state index contributed by atoms with van der Waals surface area (Å²) in [5, 5.41) is 3.88. The maximum Gasteiger partial charge on any atom is 0.117 e. The molecule has 2 rings (SSSR count). The van der Waals surface area contributed by atoms with Crippen molar-refractivity contribution in [1.82, 2.24) is 5.32 Å². The van der Waals surface area contributed by atoms with Gasteiger partial charge in [-0.25, -0.2) is 4.39 Å². The zero-order valence-corrected chi connectivity index (χ0v) is 9.52. The first-order chi connectivity index (χ1) is 7.11. The van der Waals surface area contributed by atoms with E-state index in [9.17, 15) is 4.39 Å². The number of nitrogens with one attached hydrogen (secondary N) is 1. The Morgan fingerprint density at radius 2 is 2.20 bits per heavy atom. The predicted molar refractivity (Wildman–Crippen MR) is 61.2 cm³/mol. The lowest BCUT2D eigenvalue weighted by atomic mass is 9.80. The summed E-state index contributed by atoms with van der Waals surface area (Å²) in [6.07, 6.45) is 0.545. The lowest BCUT2D eigenvalue weighted by Crippen LogP contribution is -2.43. The van der Waals surface area contributed by atoms with Crippen molar-refractivity contribution in [2.45, 2.75) is 24.9 Å². The smallest absolute Gasteiger partial charge is 0.117 e. The molecule has 1 aromatic carbocycles. The summed E-state index contributed by atoms with van der Waals surface area (Å²) >= 11 is 6.09. The van der Waals surface area contributed by atoms with Crippen LogP contribution in [-0.4, -0.2) is 18.8 Å². The molecule has 2 unspecified atom stereocenters. The first-order valence-corrected chi connectivity index (χ1v) is 5.63. The third-order valence-electron chi connectivity index (χ3n) is 3.15. The van der Waals surface area contributed by atoms with Gasteiger partial charge in [0.1, 0.15) is 5.67 Å². The van der Waals surface area contributed by atoms with Crippen molar-refractivity contribution in [1.29, 1.82) is 0 Å². The molecule has 2 atom stereocenters. The van der Waals surface area contributed by atoms with Crippen LogP contribution < -0.4 is 5.32 Å². The predicted octanol–water partition coefficient (Wildman–Crippen LogP) is 3.15. The number of alkyl halides is 1. The number of halogens is 2. The SMILES string of the molecule is CC1(F)CCNCC1c1ccccc1Cl. The van der Waals surface area contributed by atoms with Gasteiger partial charge < -0.3 is 5.32 Å². The molecule has 0 radical (unpaired) electrons. The molecule has 1 nitrogen and oxygen atoms in total. The van der Waals surface area contributed by atoms with E-state index in [0.717, 1.165) is 12.1 Å². The quantitative estimate of drug-likeness (QED) is 0.777. The van der Waals surface area contributed by atoms with Crippen molar-refractivity contribution in [2.75, 3.05) is 13.1 Å². The Labute approximate surface area is 94.6 Å². The average Bonchev–Trinajstić information content (AvgIpc) is 2.19. The largest absolute Gasteiger partial charge is 0.316 e. The second-order valence-corrected chi connectivity index (χ2v) is 4.71. The highest BCUT2D eigenvalue weighted by atomic mass is 35.5. The monoisotopic (exact) mass is 227 g/mol. The van der Waals surface area contributed by atoms with Crippen LogP contribution in [0.4, 0.5) is 4.39 Å². The molecule has 1 N–H and O–H groups in total. The summed E-state index contributed by atoms with van der Waals surface area (Å²) in [6.45, 7) is 3.08. The molecule has 1 fully saturated rings. The van der Waals surface area contributed by atoms with Crippen LogP contribution >= 0.6 is 11.6 Å². The Bertz CT molecular complexity index is 351. The van der Waals surface area contributed by atoms with Gasteiger partial charge >= 0.3 is 0 Å². The van der Waals surface area contributed by atoms with E-state index in [1.807, 2.05) is 24.3 Å². The Balaban J connectivity index is 2.33. The van der Waals surface area contributed by atoms with Gasteiger partial charge in [-0.05, 0) is 31.5 Å². The maximum absolute atomic E-state index is 14.3. The first-order valence-electron chi connectivity index (χ1n) is 5.25. The minimum absolute atomic E-state index is 0.139. The van der Waals surface area contributed by atoms with Gasteiger partial charge in [0.25, 0.3) is 0 Å². The zero-order valence-electron chi connectivity index (χ0n) is 8.76. The van der Waals surface area contributed by atoms with Gasteiger partial charge in [-0.3, -0.25) is 0 Å². The van der Waals surface area contributed by atoms with E-state index in [-0.39, 0.29) is 5.92 Å². The fourth-order valence-corrected chi connectivity index (χ4v) is 2.43. The molecule has 15 heavy (non-hydrogen) atoms. The van der Waals surface area contributed by atoms with Crippen molar-refractivity contribution in [3.05, 3.63) is 34.9 Å². The summed E-state index contributed by atoms with van der Waals surface area (Å²) < 4.78 is 14.3.